The van der Waals surface area contributed by atoms with Crippen molar-refractivity contribution in [1.82, 2.24) is 5.32 Å². The Morgan fingerprint density at radius 3 is 2.55 bits per heavy atom. The molecule has 0 aliphatic carbocycles. The molecule has 0 aromatic heterocycles. The summed E-state index contributed by atoms with van der Waals surface area (Å²) in [7, 11) is 0. The van der Waals surface area contributed by atoms with Gasteiger partial charge in [-0.3, -0.25) is 19.7 Å². The van der Waals surface area contributed by atoms with E-state index in [1.165, 1.54) is 6.92 Å². The lowest BCUT2D eigenvalue weighted by Gasteiger charge is -2.18. The van der Waals surface area contributed by atoms with E-state index in [0.717, 1.165) is 22.9 Å². The highest BCUT2D eigenvalue weighted by molar-refractivity contribution is 8.15. The molecule has 1 aliphatic rings. The zero-order valence-electron chi connectivity index (χ0n) is 15.7. The zero-order valence-corrected chi connectivity index (χ0v) is 17.3. The Bertz CT molecular complexity index is 902. The van der Waals surface area contributed by atoms with Crippen molar-refractivity contribution in [3.63, 3.8) is 0 Å². The molecule has 2 amide bonds. The number of halogens is 1. The molecule has 1 heterocycles. The number of rotatable bonds is 8. The summed E-state index contributed by atoms with van der Waals surface area (Å²) in [6, 6.07) is 14.7. The van der Waals surface area contributed by atoms with Gasteiger partial charge in [0, 0.05) is 11.9 Å². The Morgan fingerprint density at radius 1 is 1.17 bits per heavy atom. The molecule has 6 nitrogen and oxygen atoms in total. The number of imide groups is 1. The lowest BCUT2D eigenvalue weighted by atomic mass is 10.0. The van der Waals surface area contributed by atoms with Crippen LogP contribution in [0, 0.1) is 0 Å². The summed E-state index contributed by atoms with van der Waals surface area (Å²) >= 11 is 7.09. The maximum atomic E-state index is 11.7. The van der Waals surface area contributed by atoms with Gasteiger partial charge in [-0.1, -0.05) is 47.6 Å². The van der Waals surface area contributed by atoms with Crippen LogP contribution in [-0.4, -0.2) is 35.6 Å². The number of carbonyl (C=O) groups excluding carboxylic acids is 3. The second-order valence-corrected chi connectivity index (χ2v) is 8.21. The Labute approximate surface area is 177 Å². The van der Waals surface area contributed by atoms with E-state index in [4.69, 9.17) is 21.1 Å². The first kappa shape index (κ1) is 21.2. The highest BCUT2D eigenvalue weighted by Crippen LogP contribution is 2.25. The number of amides is 2. The molecule has 1 aliphatic heterocycles. The van der Waals surface area contributed by atoms with Crippen LogP contribution in [0.5, 0.6) is 5.75 Å². The predicted octanol–water partition coefficient (Wildman–Crippen LogP) is 3.96. The van der Waals surface area contributed by atoms with Gasteiger partial charge in [-0.05, 0) is 41.8 Å². The minimum absolute atomic E-state index is 0.165. The maximum absolute atomic E-state index is 11.7. The van der Waals surface area contributed by atoms with Crippen LogP contribution in [0.25, 0.3) is 0 Å². The average Bonchev–Trinajstić information content (AvgIpc) is 2.99. The van der Waals surface area contributed by atoms with E-state index in [9.17, 15) is 14.4 Å². The van der Waals surface area contributed by atoms with Gasteiger partial charge in [0.15, 0.2) is 0 Å². The third-order valence-corrected chi connectivity index (χ3v) is 5.59. The Hall–Kier alpha value is -2.51. The summed E-state index contributed by atoms with van der Waals surface area (Å²) < 4.78 is 11.1. The van der Waals surface area contributed by atoms with Gasteiger partial charge >= 0.3 is 5.97 Å². The minimum atomic E-state index is -0.398. The number of thioether (sulfide) groups is 1. The SMILES string of the molecule is CC(=O)OCC(COc1ccc(CC2SC(=O)NC2=O)cc1)c1cccc(Cl)c1. The molecule has 2 unspecified atom stereocenters. The maximum Gasteiger partial charge on any atom is 0.302 e. The molecular weight excluding hydrogens is 414 g/mol. The summed E-state index contributed by atoms with van der Waals surface area (Å²) in [5, 5.41) is 2.19. The fourth-order valence-electron chi connectivity index (χ4n) is 2.88. The van der Waals surface area contributed by atoms with Crippen molar-refractivity contribution in [1.29, 1.82) is 0 Å². The molecule has 1 fully saturated rings. The second-order valence-electron chi connectivity index (χ2n) is 6.60. The lowest BCUT2D eigenvalue weighted by Crippen LogP contribution is -2.25. The van der Waals surface area contributed by atoms with Gasteiger partial charge in [-0.25, -0.2) is 0 Å². The largest absolute Gasteiger partial charge is 0.493 e. The van der Waals surface area contributed by atoms with Gasteiger partial charge in [0.25, 0.3) is 5.24 Å². The number of benzene rings is 2. The van der Waals surface area contributed by atoms with Crippen LogP contribution >= 0.6 is 23.4 Å². The first-order valence-electron chi connectivity index (χ1n) is 9.03. The smallest absolute Gasteiger partial charge is 0.302 e. The monoisotopic (exact) mass is 433 g/mol. The number of ether oxygens (including phenoxy) is 2. The number of nitrogens with one attached hydrogen (secondary N) is 1. The van der Waals surface area contributed by atoms with E-state index >= 15 is 0 Å². The first-order valence-corrected chi connectivity index (χ1v) is 10.3. The standard InChI is InChI=1S/C21H20ClNO5S/c1-13(24)27-11-16(15-3-2-4-17(22)10-15)12-28-18-7-5-14(6-8-18)9-19-20(25)23-21(26)29-19/h2-8,10,16,19H,9,11-12H2,1H3,(H,23,25,26). The second kappa shape index (κ2) is 9.80. The Morgan fingerprint density at radius 2 is 1.93 bits per heavy atom. The quantitative estimate of drug-likeness (QED) is 0.634. The van der Waals surface area contributed by atoms with Gasteiger partial charge in [-0.15, -0.1) is 0 Å². The van der Waals surface area contributed by atoms with E-state index in [0.29, 0.717) is 23.8 Å². The highest BCUT2D eigenvalue weighted by atomic mass is 35.5. The first-order chi connectivity index (χ1) is 13.9. The lowest BCUT2D eigenvalue weighted by molar-refractivity contribution is -0.141. The molecule has 0 bridgehead atoms. The molecule has 0 spiro atoms. The molecule has 3 rings (SSSR count). The van der Waals surface area contributed by atoms with Crippen LogP contribution in [0.4, 0.5) is 4.79 Å². The fraction of sp³-hybridized carbons (Fsp3) is 0.286. The van der Waals surface area contributed by atoms with Gasteiger partial charge in [0.2, 0.25) is 5.91 Å². The van der Waals surface area contributed by atoms with Gasteiger partial charge in [-0.2, -0.15) is 0 Å². The normalized spacial score (nSPS) is 17.0. The third kappa shape index (κ3) is 6.24. The van der Waals surface area contributed by atoms with Crippen molar-refractivity contribution in [2.24, 2.45) is 0 Å². The van der Waals surface area contributed by atoms with Gasteiger partial charge in [0.05, 0.1) is 17.8 Å². The van der Waals surface area contributed by atoms with Crippen LogP contribution < -0.4 is 10.1 Å². The van der Waals surface area contributed by atoms with E-state index in [2.05, 4.69) is 5.32 Å². The molecule has 152 valence electrons. The van der Waals surface area contributed by atoms with Crippen LogP contribution in [0.15, 0.2) is 48.5 Å². The summed E-state index contributed by atoms with van der Waals surface area (Å²) in [6.45, 7) is 1.86. The molecule has 0 radical (unpaired) electrons. The third-order valence-electron chi connectivity index (χ3n) is 4.37. The molecule has 1 saturated heterocycles. The van der Waals surface area contributed by atoms with Crippen molar-refractivity contribution in [2.75, 3.05) is 13.2 Å². The molecule has 29 heavy (non-hydrogen) atoms. The van der Waals surface area contributed by atoms with Gasteiger partial charge in [0.1, 0.15) is 12.4 Å². The number of hydrogen-bond donors (Lipinski definition) is 1. The van der Waals surface area contributed by atoms with E-state index < -0.39 is 5.25 Å². The van der Waals surface area contributed by atoms with E-state index in [1.807, 2.05) is 42.5 Å². The number of carbonyl (C=O) groups is 3. The minimum Gasteiger partial charge on any atom is -0.493 e. The Kier molecular flexibility index (Phi) is 7.17. The number of hydrogen-bond acceptors (Lipinski definition) is 6. The topological polar surface area (TPSA) is 81.7 Å². The van der Waals surface area contributed by atoms with Crippen LogP contribution in [0.3, 0.4) is 0 Å². The Balaban J connectivity index is 1.60. The van der Waals surface area contributed by atoms with Crippen LogP contribution in [0.2, 0.25) is 5.02 Å². The zero-order chi connectivity index (χ0) is 20.8. The summed E-state index contributed by atoms with van der Waals surface area (Å²) in [6.07, 6.45) is 0.472. The summed E-state index contributed by atoms with van der Waals surface area (Å²) in [5.74, 6) is -0.117. The van der Waals surface area contributed by atoms with Crippen molar-refractivity contribution in [2.45, 2.75) is 24.5 Å². The van der Waals surface area contributed by atoms with Crippen molar-refractivity contribution >= 4 is 40.5 Å². The van der Waals surface area contributed by atoms with Crippen LogP contribution in [-0.2, 0) is 20.7 Å². The van der Waals surface area contributed by atoms with Crippen molar-refractivity contribution in [3.8, 4) is 5.75 Å². The highest BCUT2D eigenvalue weighted by Gasteiger charge is 2.31. The van der Waals surface area contributed by atoms with Crippen LogP contribution in [0.1, 0.15) is 24.0 Å². The molecule has 2 aromatic carbocycles. The molecular formula is C21H20ClNO5S. The molecule has 2 aromatic rings. The summed E-state index contributed by atoms with van der Waals surface area (Å²) in [4.78, 5) is 34.1. The molecule has 1 N–H and O–H groups in total. The predicted molar refractivity (Wildman–Crippen MR) is 111 cm³/mol. The van der Waals surface area contributed by atoms with Crippen molar-refractivity contribution in [3.05, 3.63) is 64.7 Å². The van der Waals surface area contributed by atoms with Gasteiger partial charge < -0.3 is 9.47 Å². The average molecular weight is 434 g/mol. The fourth-order valence-corrected chi connectivity index (χ4v) is 3.94. The van der Waals surface area contributed by atoms with E-state index in [-0.39, 0.29) is 29.6 Å². The molecule has 8 heteroatoms. The van der Waals surface area contributed by atoms with E-state index in [1.54, 1.807) is 6.07 Å². The molecule has 2 atom stereocenters. The van der Waals surface area contributed by atoms with Crippen molar-refractivity contribution < 1.29 is 23.9 Å². The summed E-state index contributed by atoms with van der Waals surface area (Å²) in [5.41, 5.74) is 1.86. The number of esters is 1. The molecule has 0 saturated carbocycles.